The van der Waals surface area contributed by atoms with Crippen LogP contribution in [0.15, 0.2) is 24.4 Å². The van der Waals surface area contributed by atoms with Crippen molar-refractivity contribution in [2.75, 3.05) is 7.11 Å². The molecule has 0 aliphatic heterocycles. The molecule has 0 amide bonds. The molecule has 21 heavy (non-hydrogen) atoms. The van der Waals surface area contributed by atoms with Gasteiger partial charge < -0.3 is 4.74 Å². The Kier molecular flexibility index (Phi) is 4.82. The van der Waals surface area contributed by atoms with Gasteiger partial charge in [0.15, 0.2) is 5.75 Å². The number of nitrogens with zero attached hydrogens (tertiary/aromatic N) is 2. The van der Waals surface area contributed by atoms with Gasteiger partial charge in [0.05, 0.1) is 19.3 Å². The van der Waals surface area contributed by atoms with Gasteiger partial charge in [-0.15, -0.1) is 0 Å². The highest BCUT2D eigenvalue weighted by Crippen LogP contribution is 2.33. The number of hydrogen-bond donors (Lipinski definition) is 2. The molecular weight excluding hydrogens is 295 g/mol. The monoisotopic (exact) mass is 312 g/mol. The highest BCUT2D eigenvalue weighted by molar-refractivity contribution is 6.30. The van der Waals surface area contributed by atoms with E-state index in [0.29, 0.717) is 22.0 Å². The molecule has 1 aromatic heterocycles. The number of methoxy groups -OCH3 is 1. The number of nitrogens with two attached hydrogens (primary N) is 1. The zero-order valence-corrected chi connectivity index (χ0v) is 12.9. The molecule has 7 heteroatoms. The van der Waals surface area contributed by atoms with Crippen LogP contribution in [0.5, 0.6) is 5.75 Å². The zero-order chi connectivity index (χ0) is 15.6. The molecule has 2 aromatic rings. The Bertz CT molecular complexity index is 629. The van der Waals surface area contributed by atoms with Crippen molar-refractivity contribution >= 4 is 11.6 Å². The lowest BCUT2D eigenvalue weighted by atomic mass is 10.0. The Morgan fingerprint density at radius 1 is 1.43 bits per heavy atom. The fourth-order valence-electron chi connectivity index (χ4n) is 2.25. The normalized spacial score (nSPS) is 12.7. The molecule has 0 aliphatic carbocycles. The topological polar surface area (TPSA) is 65.1 Å². The third-order valence-corrected chi connectivity index (χ3v) is 3.45. The molecule has 0 saturated carbocycles. The maximum atomic E-state index is 14.1. The van der Waals surface area contributed by atoms with Gasteiger partial charge in [0.1, 0.15) is 11.5 Å². The summed E-state index contributed by atoms with van der Waals surface area (Å²) in [6.45, 7) is 3.94. The van der Waals surface area contributed by atoms with Gasteiger partial charge in [0.25, 0.3) is 0 Å². The van der Waals surface area contributed by atoms with E-state index in [0.717, 1.165) is 0 Å². The molecule has 1 atom stereocenters. The summed E-state index contributed by atoms with van der Waals surface area (Å²) in [5.41, 5.74) is 3.61. The Labute approximate surface area is 127 Å². The molecule has 3 N–H and O–H groups in total. The van der Waals surface area contributed by atoms with Gasteiger partial charge >= 0.3 is 0 Å². The van der Waals surface area contributed by atoms with E-state index in [1.165, 1.54) is 19.2 Å². The molecule has 1 unspecified atom stereocenters. The minimum absolute atomic E-state index is 0.0713. The number of halogens is 2. The van der Waals surface area contributed by atoms with Crippen molar-refractivity contribution in [1.82, 2.24) is 15.2 Å². The standard InChI is InChI=1S/C14H18ClFN4O/c1-8(2)20-14(12(21-3)7-18-20)13(19-17)10-6-9(15)4-5-11(10)16/h4-8,13,19H,17H2,1-3H3. The van der Waals surface area contributed by atoms with Crippen LogP contribution in [-0.2, 0) is 0 Å². The average Bonchev–Trinajstić information content (AvgIpc) is 2.87. The number of hydrazine groups is 1. The summed E-state index contributed by atoms with van der Waals surface area (Å²) in [5, 5.41) is 4.71. The highest BCUT2D eigenvalue weighted by atomic mass is 35.5. The predicted molar refractivity (Wildman–Crippen MR) is 79.7 cm³/mol. The summed E-state index contributed by atoms with van der Waals surface area (Å²) in [6, 6.07) is 3.79. The van der Waals surface area contributed by atoms with Gasteiger partial charge in [-0.25, -0.2) is 9.82 Å². The first-order valence-corrected chi connectivity index (χ1v) is 6.89. The molecule has 0 radical (unpaired) electrons. The second-order valence-corrected chi connectivity index (χ2v) is 5.34. The lowest BCUT2D eigenvalue weighted by Gasteiger charge is -2.21. The molecule has 114 valence electrons. The summed E-state index contributed by atoms with van der Waals surface area (Å²) >= 11 is 5.97. The largest absolute Gasteiger partial charge is 0.493 e. The van der Waals surface area contributed by atoms with E-state index in [2.05, 4.69) is 10.5 Å². The molecule has 1 heterocycles. The van der Waals surface area contributed by atoms with Crippen molar-refractivity contribution in [3.63, 3.8) is 0 Å². The van der Waals surface area contributed by atoms with Crippen molar-refractivity contribution in [1.29, 1.82) is 0 Å². The minimum atomic E-state index is -0.622. The van der Waals surface area contributed by atoms with Gasteiger partial charge in [0.2, 0.25) is 0 Å². The average molecular weight is 313 g/mol. The van der Waals surface area contributed by atoms with E-state index >= 15 is 0 Å². The van der Waals surface area contributed by atoms with Crippen LogP contribution in [0.4, 0.5) is 4.39 Å². The van der Waals surface area contributed by atoms with E-state index in [1.807, 2.05) is 13.8 Å². The molecule has 0 saturated heterocycles. The summed E-state index contributed by atoms with van der Waals surface area (Å²) in [4.78, 5) is 0. The molecular formula is C14H18ClFN4O. The van der Waals surface area contributed by atoms with Crippen LogP contribution in [0, 0.1) is 5.82 Å². The highest BCUT2D eigenvalue weighted by Gasteiger charge is 2.26. The second-order valence-electron chi connectivity index (χ2n) is 4.90. The molecule has 0 fully saturated rings. The minimum Gasteiger partial charge on any atom is -0.493 e. The van der Waals surface area contributed by atoms with Crippen LogP contribution in [-0.4, -0.2) is 16.9 Å². The van der Waals surface area contributed by atoms with Crippen LogP contribution < -0.4 is 16.0 Å². The molecule has 0 aliphatic rings. The Morgan fingerprint density at radius 3 is 2.71 bits per heavy atom. The first-order chi connectivity index (χ1) is 9.99. The van der Waals surface area contributed by atoms with Crippen molar-refractivity contribution in [2.24, 2.45) is 5.84 Å². The summed E-state index contributed by atoms with van der Waals surface area (Å²) in [6.07, 6.45) is 1.59. The Morgan fingerprint density at radius 2 is 2.14 bits per heavy atom. The van der Waals surface area contributed by atoms with E-state index in [-0.39, 0.29) is 6.04 Å². The second kappa shape index (κ2) is 6.43. The van der Waals surface area contributed by atoms with E-state index < -0.39 is 11.9 Å². The number of benzene rings is 1. The van der Waals surface area contributed by atoms with Crippen molar-refractivity contribution in [2.45, 2.75) is 25.9 Å². The summed E-state index contributed by atoms with van der Waals surface area (Å²) in [5.74, 6) is 5.78. The van der Waals surface area contributed by atoms with Crippen LogP contribution >= 0.6 is 11.6 Å². The third-order valence-electron chi connectivity index (χ3n) is 3.22. The quantitative estimate of drug-likeness (QED) is 0.658. The van der Waals surface area contributed by atoms with Crippen molar-refractivity contribution in [3.8, 4) is 5.75 Å². The first-order valence-electron chi connectivity index (χ1n) is 6.52. The Hall–Kier alpha value is -1.63. The molecule has 0 bridgehead atoms. The maximum absolute atomic E-state index is 14.1. The van der Waals surface area contributed by atoms with Crippen molar-refractivity contribution in [3.05, 3.63) is 46.5 Å². The van der Waals surface area contributed by atoms with Crippen LogP contribution in [0.2, 0.25) is 5.02 Å². The fraction of sp³-hybridized carbons (Fsp3) is 0.357. The van der Waals surface area contributed by atoms with Crippen LogP contribution in [0.1, 0.15) is 37.2 Å². The van der Waals surface area contributed by atoms with Crippen LogP contribution in [0.25, 0.3) is 0 Å². The number of hydrogen-bond acceptors (Lipinski definition) is 4. The number of rotatable bonds is 5. The van der Waals surface area contributed by atoms with E-state index in [9.17, 15) is 4.39 Å². The lowest BCUT2D eigenvalue weighted by Crippen LogP contribution is -2.32. The lowest BCUT2D eigenvalue weighted by molar-refractivity contribution is 0.392. The Balaban J connectivity index is 2.61. The van der Waals surface area contributed by atoms with Crippen molar-refractivity contribution < 1.29 is 9.13 Å². The molecule has 0 spiro atoms. The number of aromatic nitrogens is 2. The summed E-state index contributed by atoms with van der Waals surface area (Å²) < 4.78 is 21.2. The van der Waals surface area contributed by atoms with Gasteiger partial charge in [-0.1, -0.05) is 11.6 Å². The van der Waals surface area contributed by atoms with Crippen LogP contribution in [0.3, 0.4) is 0 Å². The third kappa shape index (κ3) is 3.02. The predicted octanol–water partition coefficient (Wildman–Crippen LogP) is 2.82. The van der Waals surface area contributed by atoms with E-state index in [1.54, 1.807) is 16.9 Å². The molecule has 1 aromatic carbocycles. The van der Waals surface area contributed by atoms with Gasteiger partial charge in [-0.2, -0.15) is 5.10 Å². The zero-order valence-electron chi connectivity index (χ0n) is 12.1. The van der Waals surface area contributed by atoms with E-state index in [4.69, 9.17) is 22.2 Å². The maximum Gasteiger partial charge on any atom is 0.161 e. The van der Waals surface area contributed by atoms with Gasteiger partial charge in [0, 0.05) is 16.6 Å². The fourth-order valence-corrected chi connectivity index (χ4v) is 2.43. The smallest absolute Gasteiger partial charge is 0.161 e. The SMILES string of the molecule is COc1cnn(C(C)C)c1C(NN)c1cc(Cl)ccc1F. The van der Waals surface area contributed by atoms with Gasteiger partial charge in [-0.3, -0.25) is 10.5 Å². The number of nitrogens with one attached hydrogen (secondary N) is 1. The summed E-state index contributed by atoms with van der Waals surface area (Å²) in [7, 11) is 1.53. The molecule has 2 rings (SSSR count). The molecule has 5 nitrogen and oxygen atoms in total. The first kappa shape index (κ1) is 15.8. The number of ether oxygens (including phenoxy) is 1. The van der Waals surface area contributed by atoms with Gasteiger partial charge in [-0.05, 0) is 32.0 Å².